The van der Waals surface area contributed by atoms with Crippen LogP contribution in [0.3, 0.4) is 0 Å². The molecule has 0 radical (unpaired) electrons. The number of benzene rings is 2. The third-order valence-electron chi connectivity index (χ3n) is 5.67. The Morgan fingerprint density at radius 2 is 1.64 bits per heavy atom. The third-order valence-corrected chi connectivity index (χ3v) is 6.20. The van der Waals surface area contributed by atoms with Gasteiger partial charge in [-0.05, 0) is 29.8 Å². The maximum absolute atomic E-state index is 13.1. The molecule has 0 aliphatic rings. The molecule has 0 aliphatic carbocycles. The number of hydrazone groups is 1. The van der Waals surface area contributed by atoms with E-state index in [9.17, 15) is 9.59 Å². The lowest BCUT2D eigenvalue weighted by Crippen LogP contribution is -2.37. The largest absolute Gasteiger partial charge is 0.493 e. The molecule has 0 atom stereocenters. The van der Waals surface area contributed by atoms with E-state index in [0.717, 1.165) is 14.6 Å². The number of rotatable bonds is 8. The molecule has 188 valence electrons. The van der Waals surface area contributed by atoms with E-state index in [1.54, 1.807) is 30.0 Å². The Morgan fingerprint density at radius 3 is 2.22 bits per heavy atom. The van der Waals surface area contributed by atoms with Gasteiger partial charge in [-0.3, -0.25) is 18.5 Å². The Hall–Kier alpha value is -4.06. The topological polar surface area (TPSA) is 114 Å². The molecule has 4 rings (SSSR count). The van der Waals surface area contributed by atoms with Crippen LogP contribution >= 0.6 is 15.9 Å². The first-order chi connectivity index (χ1) is 17.3. The molecule has 0 aliphatic heterocycles. The summed E-state index contributed by atoms with van der Waals surface area (Å²) in [7, 11) is 7.61. The molecular formula is C24H25BrN6O5. The summed E-state index contributed by atoms with van der Waals surface area (Å²) in [4.78, 5) is 30.1. The van der Waals surface area contributed by atoms with E-state index in [4.69, 9.17) is 14.2 Å². The molecule has 4 aromatic rings. The van der Waals surface area contributed by atoms with Crippen molar-refractivity contribution in [3.63, 3.8) is 0 Å². The Bertz CT molecular complexity index is 1540. The van der Waals surface area contributed by atoms with Crippen molar-refractivity contribution in [3.05, 3.63) is 72.8 Å². The second kappa shape index (κ2) is 10.3. The Kier molecular flexibility index (Phi) is 7.15. The predicted octanol–water partition coefficient (Wildman–Crippen LogP) is 2.72. The lowest BCUT2D eigenvalue weighted by molar-refractivity contribution is 0.324. The van der Waals surface area contributed by atoms with Crippen LogP contribution in [0.1, 0.15) is 11.1 Å². The lowest BCUT2D eigenvalue weighted by atomic mass is 10.2. The molecule has 2 aromatic heterocycles. The average Bonchev–Trinajstić information content (AvgIpc) is 3.24. The lowest BCUT2D eigenvalue weighted by Gasteiger charge is -2.12. The summed E-state index contributed by atoms with van der Waals surface area (Å²) in [5, 5.41) is 4.32. The minimum Gasteiger partial charge on any atom is -0.493 e. The van der Waals surface area contributed by atoms with E-state index < -0.39 is 11.2 Å². The van der Waals surface area contributed by atoms with Crippen molar-refractivity contribution in [2.24, 2.45) is 19.2 Å². The van der Waals surface area contributed by atoms with Crippen LogP contribution in [0.5, 0.6) is 17.2 Å². The van der Waals surface area contributed by atoms with E-state index in [0.29, 0.717) is 35.3 Å². The van der Waals surface area contributed by atoms with Gasteiger partial charge in [0.15, 0.2) is 22.7 Å². The van der Waals surface area contributed by atoms with Crippen LogP contribution < -0.4 is 30.9 Å². The highest BCUT2D eigenvalue weighted by atomic mass is 79.9. The van der Waals surface area contributed by atoms with Crippen LogP contribution in [0.25, 0.3) is 11.2 Å². The maximum Gasteiger partial charge on any atom is 0.332 e. The van der Waals surface area contributed by atoms with Gasteiger partial charge in [-0.15, -0.1) is 0 Å². The second-order valence-corrected chi connectivity index (χ2v) is 8.77. The normalized spacial score (nSPS) is 11.3. The molecule has 0 bridgehead atoms. The van der Waals surface area contributed by atoms with E-state index in [1.807, 2.05) is 24.3 Å². The number of aryl methyl sites for hydroxylation is 1. The van der Waals surface area contributed by atoms with Crippen LogP contribution in [-0.4, -0.2) is 46.2 Å². The summed E-state index contributed by atoms with van der Waals surface area (Å²) in [6, 6.07) is 11.2. The number of methoxy groups -OCH3 is 3. The molecule has 0 fully saturated rings. The van der Waals surface area contributed by atoms with Gasteiger partial charge in [0.1, 0.15) is 0 Å². The average molecular weight is 557 g/mol. The van der Waals surface area contributed by atoms with Gasteiger partial charge in [-0.25, -0.2) is 10.2 Å². The summed E-state index contributed by atoms with van der Waals surface area (Å²) in [6.45, 7) is 0.333. The summed E-state index contributed by atoms with van der Waals surface area (Å²) in [5.74, 6) is 1.74. The summed E-state index contributed by atoms with van der Waals surface area (Å²) in [6.07, 6.45) is 1.56. The number of fused-ring (bicyclic) bond motifs is 1. The van der Waals surface area contributed by atoms with Crippen molar-refractivity contribution >= 4 is 39.3 Å². The van der Waals surface area contributed by atoms with Crippen molar-refractivity contribution in [3.8, 4) is 17.2 Å². The SMILES string of the molecule is COc1cc(/C=N\Nc2nc3c(c(=O)n(C)c(=O)n3C)n2Cc2ccc(Br)cc2)cc(OC)c1OC. The molecule has 0 saturated heterocycles. The van der Waals surface area contributed by atoms with Crippen LogP contribution in [0.4, 0.5) is 5.95 Å². The van der Waals surface area contributed by atoms with Crippen molar-refractivity contribution < 1.29 is 14.2 Å². The summed E-state index contributed by atoms with van der Waals surface area (Å²) in [5.41, 5.74) is 4.16. The van der Waals surface area contributed by atoms with Gasteiger partial charge in [-0.2, -0.15) is 10.1 Å². The number of aromatic nitrogens is 4. The molecule has 0 unspecified atom stereocenters. The quantitative estimate of drug-likeness (QED) is 0.262. The standard InChI is InChI=1S/C24H25BrN6O5/c1-29-21-19(22(32)30(2)24(29)33)31(13-14-6-8-16(25)9-7-14)23(27-21)28-26-12-15-10-17(34-3)20(36-5)18(11-15)35-4/h6-12H,13H2,1-5H3,(H,27,28)/b26-12-. The van der Waals surface area contributed by atoms with Crippen molar-refractivity contribution in [1.82, 2.24) is 18.7 Å². The van der Waals surface area contributed by atoms with E-state index >= 15 is 0 Å². The highest BCUT2D eigenvalue weighted by molar-refractivity contribution is 9.10. The molecule has 2 heterocycles. The third kappa shape index (κ3) is 4.59. The van der Waals surface area contributed by atoms with Crippen LogP contribution in [0, 0.1) is 0 Å². The molecule has 0 amide bonds. The Labute approximate surface area is 214 Å². The molecule has 11 nitrogen and oxygen atoms in total. The van der Waals surface area contributed by atoms with Gasteiger partial charge in [0.25, 0.3) is 5.56 Å². The highest BCUT2D eigenvalue weighted by Crippen LogP contribution is 2.37. The maximum atomic E-state index is 13.1. The predicted molar refractivity (Wildman–Crippen MR) is 141 cm³/mol. The molecule has 36 heavy (non-hydrogen) atoms. The fourth-order valence-corrected chi connectivity index (χ4v) is 4.06. The van der Waals surface area contributed by atoms with Gasteiger partial charge >= 0.3 is 5.69 Å². The summed E-state index contributed by atoms with van der Waals surface area (Å²) < 4.78 is 21.2. The number of hydrogen-bond donors (Lipinski definition) is 1. The van der Waals surface area contributed by atoms with Crippen LogP contribution in [0.15, 0.2) is 55.6 Å². The monoisotopic (exact) mass is 556 g/mol. The first kappa shape index (κ1) is 25.0. The first-order valence-corrected chi connectivity index (χ1v) is 11.6. The zero-order valence-electron chi connectivity index (χ0n) is 20.4. The molecule has 12 heteroatoms. The van der Waals surface area contributed by atoms with Gasteiger partial charge in [0.05, 0.1) is 34.1 Å². The number of halogens is 1. The Balaban J connectivity index is 1.78. The number of anilines is 1. The molecule has 2 aromatic carbocycles. The molecular weight excluding hydrogens is 532 g/mol. The van der Waals surface area contributed by atoms with Gasteiger partial charge in [-0.1, -0.05) is 28.1 Å². The van der Waals surface area contributed by atoms with Gasteiger partial charge in [0, 0.05) is 24.1 Å². The van der Waals surface area contributed by atoms with E-state index in [1.165, 1.54) is 32.9 Å². The van der Waals surface area contributed by atoms with E-state index in [2.05, 4.69) is 31.4 Å². The van der Waals surface area contributed by atoms with Gasteiger partial charge in [0.2, 0.25) is 11.7 Å². The van der Waals surface area contributed by atoms with E-state index in [-0.39, 0.29) is 11.2 Å². The molecule has 0 saturated carbocycles. The van der Waals surface area contributed by atoms with Crippen molar-refractivity contribution in [1.29, 1.82) is 0 Å². The fourth-order valence-electron chi connectivity index (χ4n) is 3.80. The zero-order valence-corrected chi connectivity index (χ0v) is 22.0. The van der Waals surface area contributed by atoms with Crippen LogP contribution in [-0.2, 0) is 20.6 Å². The first-order valence-electron chi connectivity index (χ1n) is 10.8. The van der Waals surface area contributed by atoms with Crippen molar-refractivity contribution in [2.45, 2.75) is 6.54 Å². The number of imidazole rings is 1. The minimum atomic E-state index is -0.465. The van der Waals surface area contributed by atoms with Crippen LogP contribution in [0.2, 0.25) is 0 Å². The number of ether oxygens (including phenoxy) is 3. The number of hydrogen-bond acceptors (Lipinski definition) is 8. The molecule has 0 spiro atoms. The minimum absolute atomic E-state index is 0.255. The van der Waals surface area contributed by atoms with Crippen molar-refractivity contribution in [2.75, 3.05) is 26.8 Å². The number of nitrogens with one attached hydrogen (secondary N) is 1. The Morgan fingerprint density at radius 1 is 1.00 bits per heavy atom. The number of nitrogens with zero attached hydrogens (tertiary/aromatic N) is 5. The zero-order chi connectivity index (χ0) is 26.0. The fraction of sp³-hybridized carbons (Fsp3) is 0.250. The van der Waals surface area contributed by atoms with Gasteiger partial charge < -0.3 is 14.2 Å². The summed E-state index contributed by atoms with van der Waals surface area (Å²) >= 11 is 3.43. The highest BCUT2D eigenvalue weighted by Gasteiger charge is 2.19. The molecule has 1 N–H and O–H groups in total. The second-order valence-electron chi connectivity index (χ2n) is 7.85. The smallest absolute Gasteiger partial charge is 0.332 e.